The summed E-state index contributed by atoms with van der Waals surface area (Å²) in [5.74, 6) is 0. The number of nitrogens with zero attached hydrogens (tertiary/aromatic N) is 1. The van der Waals surface area contributed by atoms with Crippen molar-refractivity contribution >= 4 is 17.0 Å². The third kappa shape index (κ3) is 7.50. The first-order valence-corrected chi connectivity index (χ1v) is 14.5. The second-order valence-corrected chi connectivity index (χ2v) is 11.3. The van der Waals surface area contributed by atoms with Crippen LogP contribution in [0.5, 0.6) is 0 Å². The second-order valence-electron chi connectivity index (χ2n) is 11.3. The van der Waals surface area contributed by atoms with E-state index in [2.05, 4.69) is 38.1 Å². The number of quaternary nitrogens is 1. The molecule has 4 heterocycles. The fraction of sp³-hybridized carbons (Fsp3) is 0.625. The molecule has 4 nitrogen and oxygen atoms in total. The molecular formula is C32H49Br2NO3. The van der Waals surface area contributed by atoms with Gasteiger partial charge in [-0.05, 0) is 11.1 Å². The van der Waals surface area contributed by atoms with Crippen LogP contribution in [0.3, 0.4) is 0 Å². The standard InChI is InChI=1S/C24H30NO3.C8H18.2BrH/c26-24(20-7-3-1-4-8-20,21-9-5-2-6-10-21)23-11-14-25(15-12-23,16-13-23)19-22-27-17-18-28-22;1-3-5-7-8-6-4-2;;/h1-10,22,26H,11-19H2;3-8H2,1-2H3;2*1H/q+1;;;/p-1. The first kappa shape index (κ1) is 33.4. The lowest BCUT2D eigenvalue weighted by Gasteiger charge is -2.60. The van der Waals surface area contributed by atoms with Gasteiger partial charge in [-0.25, -0.2) is 0 Å². The summed E-state index contributed by atoms with van der Waals surface area (Å²) >= 11 is 0. The van der Waals surface area contributed by atoms with Gasteiger partial charge >= 0.3 is 0 Å². The predicted molar refractivity (Wildman–Crippen MR) is 157 cm³/mol. The molecule has 0 amide bonds. The van der Waals surface area contributed by atoms with Gasteiger partial charge in [-0.3, -0.25) is 0 Å². The van der Waals surface area contributed by atoms with Crippen molar-refractivity contribution in [1.29, 1.82) is 0 Å². The lowest BCUT2D eigenvalue weighted by Crippen LogP contribution is -3.00. The molecule has 0 radical (unpaired) electrons. The molecule has 214 valence electrons. The highest BCUT2D eigenvalue weighted by molar-refractivity contribution is 8.93. The zero-order valence-electron chi connectivity index (χ0n) is 23.5. The van der Waals surface area contributed by atoms with E-state index < -0.39 is 5.60 Å². The number of halogens is 2. The summed E-state index contributed by atoms with van der Waals surface area (Å²) in [5, 5.41) is 12.4. The summed E-state index contributed by atoms with van der Waals surface area (Å²) in [7, 11) is 0. The van der Waals surface area contributed by atoms with E-state index >= 15 is 0 Å². The van der Waals surface area contributed by atoms with E-state index in [1.54, 1.807) is 0 Å². The molecule has 0 spiro atoms. The van der Waals surface area contributed by atoms with Crippen molar-refractivity contribution in [2.24, 2.45) is 5.41 Å². The third-order valence-corrected chi connectivity index (χ3v) is 9.03. The number of rotatable bonds is 10. The molecule has 4 aliphatic rings. The van der Waals surface area contributed by atoms with Gasteiger partial charge in [0.1, 0.15) is 12.1 Å². The van der Waals surface area contributed by atoms with Crippen molar-refractivity contribution in [3.63, 3.8) is 0 Å². The van der Waals surface area contributed by atoms with E-state index in [9.17, 15) is 5.11 Å². The molecule has 0 aromatic heterocycles. The average Bonchev–Trinajstić information content (AvgIpc) is 3.45. The van der Waals surface area contributed by atoms with Gasteiger partial charge in [-0.15, -0.1) is 17.0 Å². The van der Waals surface area contributed by atoms with Crippen LogP contribution in [0.4, 0.5) is 0 Å². The van der Waals surface area contributed by atoms with Gasteiger partial charge in [-0.1, -0.05) is 113 Å². The molecule has 4 saturated heterocycles. The van der Waals surface area contributed by atoms with Crippen LogP contribution in [0.15, 0.2) is 60.7 Å². The monoisotopic (exact) mass is 653 g/mol. The fourth-order valence-electron chi connectivity index (χ4n) is 6.70. The van der Waals surface area contributed by atoms with Crippen LogP contribution in [0.1, 0.15) is 82.8 Å². The SMILES string of the molecule is Br.CCCCCCCC.OC(c1ccccc1)(c1ccccc1)C12CC[N+](CC3OCCO3)(CC1)CC2.[Br-]. The van der Waals surface area contributed by atoms with Crippen LogP contribution in [-0.2, 0) is 15.1 Å². The highest BCUT2D eigenvalue weighted by atomic mass is 79.9. The van der Waals surface area contributed by atoms with E-state index in [0.29, 0.717) is 0 Å². The highest BCUT2D eigenvalue weighted by Crippen LogP contribution is 2.57. The number of aliphatic hydroxyl groups is 1. The second kappa shape index (κ2) is 15.9. The number of benzene rings is 2. The Hall–Kier alpha value is -0.760. The molecule has 4 aliphatic heterocycles. The summed E-state index contributed by atoms with van der Waals surface area (Å²) in [6.45, 7) is 10.2. The molecule has 0 atom stereocenters. The van der Waals surface area contributed by atoms with Gasteiger partial charge in [0.2, 0.25) is 6.29 Å². The quantitative estimate of drug-likeness (QED) is 0.308. The van der Waals surface area contributed by atoms with E-state index in [1.807, 2.05) is 36.4 Å². The summed E-state index contributed by atoms with van der Waals surface area (Å²) in [6.07, 6.45) is 11.5. The van der Waals surface area contributed by atoms with Crippen LogP contribution in [0.25, 0.3) is 0 Å². The van der Waals surface area contributed by atoms with Gasteiger partial charge in [0, 0.05) is 24.7 Å². The summed E-state index contributed by atoms with van der Waals surface area (Å²) in [5.41, 5.74) is 0.968. The smallest absolute Gasteiger partial charge is 0.207 e. The number of hydrogen-bond acceptors (Lipinski definition) is 3. The number of hydrogen-bond donors (Lipinski definition) is 1. The zero-order valence-corrected chi connectivity index (χ0v) is 26.8. The minimum absolute atomic E-state index is 0. The zero-order chi connectivity index (χ0) is 25.3. The normalized spacial score (nSPS) is 24.6. The van der Waals surface area contributed by atoms with Gasteiger partial charge in [0.05, 0.1) is 32.8 Å². The van der Waals surface area contributed by atoms with Gasteiger partial charge in [-0.2, -0.15) is 0 Å². The average molecular weight is 656 g/mol. The first-order chi connectivity index (χ1) is 17.6. The molecule has 4 fully saturated rings. The molecule has 0 saturated carbocycles. The van der Waals surface area contributed by atoms with Crippen LogP contribution in [0.2, 0.25) is 0 Å². The molecule has 0 aliphatic carbocycles. The van der Waals surface area contributed by atoms with E-state index in [4.69, 9.17) is 9.47 Å². The molecule has 1 N–H and O–H groups in total. The molecule has 2 aromatic rings. The molecular weight excluding hydrogens is 606 g/mol. The Kier molecular flexibility index (Phi) is 14.0. The molecule has 2 aromatic carbocycles. The molecule has 6 heteroatoms. The molecule has 38 heavy (non-hydrogen) atoms. The fourth-order valence-corrected chi connectivity index (χ4v) is 6.70. The summed E-state index contributed by atoms with van der Waals surface area (Å²) < 4.78 is 12.6. The van der Waals surface area contributed by atoms with E-state index in [1.165, 1.54) is 38.5 Å². The van der Waals surface area contributed by atoms with Crippen LogP contribution < -0.4 is 17.0 Å². The Bertz CT molecular complexity index is 835. The van der Waals surface area contributed by atoms with Crippen molar-refractivity contribution < 1.29 is 36.0 Å². The van der Waals surface area contributed by atoms with Crippen molar-refractivity contribution in [3.8, 4) is 0 Å². The maximum absolute atomic E-state index is 12.4. The Morgan fingerprint density at radius 3 is 1.58 bits per heavy atom. The first-order valence-electron chi connectivity index (χ1n) is 14.5. The molecule has 2 bridgehead atoms. The number of piperidine rings is 3. The maximum Gasteiger partial charge on any atom is 0.207 e. The van der Waals surface area contributed by atoms with Crippen LogP contribution in [0, 0.1) is 5.41 Å². The van der Waals surface area contributed by atoms with Gasteiger partial charge < -0.3 is 36.0 Å². The Labute approximate surface area is 252 Å². The van der Waals surface area contributed by atoms with Crippen molar-refractivity contribution in [2.75, 3.05) is 39.4 Å². The summed E-state index contributed by atoms with van der Waals surface area (Å²) in [6, 6.07) is 20.6. The lowest BCUT2D eigenvalue weighted by molar-refractivity contribution is -0.950. The number of unbranched alkanes of at least 4 members (excludes halogenated alkanes) is 5. The maximum atomic E-state index is 12.4. The van der Waals surface area contributed by atoms with Crippen molar-refractivity contribution in [1.82, 2.24) is 0 Å². The lowest BCUT2D eigenvalue weighted by atomic mass is 9.56. The third-order valence-electron chi connectivity index (χ3n) is 9.03. The highest BCUT2D eigenvalue weighted by Gasteiger charge is 2.60. The number of ether oxygens (including phenoxy) is 2. The van der Waals surface area contributed by atoms with Crippen LogP contribution >= 0.6 is 17.0 Å². The number of fused-ring (bicyclic) bond motifs is 3. The van der Waals surface area contributed by atoms with Crippen molar-refractivity contribution in [2.45, 2.75) is 83.5 Å². The van der Waals surface area contributed by atoms with Gasteiger partial charge in [0.25, 0.3) is 0 Å². The Balaban J connectivity index is 0.000000446. The Morgan fingerprint density at radius 1 is 0.763 bits per heavy atom. The largest absolute Gasteiger partial charge is 1.00 e. The predicted octanol–water partition coefficient (Wildman–Crippen LogP) is 4.24. The minimum Gasteiger partial charge on any atom is -1.00 e. The molecule has 6 rings (SSSR count). The van der Waals surface area contributed by atoms with Crippen LogP contribution in [-0.4, -0.2) is 55.3 Å². The van der Waals surface area contributed by atoms with E-state index in [-0.39, 0.29) is 45.7 Å². The molecule has 0 unspecified atom stereocenters. The topological polar surface area (TPSA) is 38.7 Å². The van der Waals surface area contributed by atoms with Crippen molar-refractivity contribution in [3.05, 3.63) is 71.8 Å². The van der Waals surface area contributed by atoms with E-state index in [0.717, 1.165) is 74.3 Å². The van der Waals surface area contributed by atoms with Gasteiger partial charge in [0.15, 0.2) is 0 Å². The minimum atomic E-state index is -0.952. The Morgan fingerprint density at radius 2 is 1.18 bits per heavy atom. The summed E-state index contributed by atoms with van der Waals surface area (Å²) in [4.78, 5) is 0.